The highest BCUT2D eigenvalue weighted by Gasteiger charge is 2.33. The molecule has 8 nitrogen and oxygen atoms in total. The van der Waals surface area contributed by atoms with Crippen molar-refractivity contribution in [2.75, 3.05) is 51.5 Å². The molecule has 0 amide bonds. The Labute approximate surface area is 240 Å². The Balaban J connectivity index is 0.00000420. The van der Waals surface area contributed by atoms with Gasteiger partial charge in [0.1, 0.15) is 5.84 Å². The number of ketones is 1. The lowest BCUT2D eigenvalue weighted by molar-refractivity contribution is -0.0187. The lowest BCUT2D eigenvalue weighted by Gasteiger charge is -2.37. The van der Waals surface area contributed by atoms with Gasteiger partial charge < -0.3 is 28.7 Å². The summed E-state index contributed by atoms with van der Waals surface area (Å²) in [5.74, 6) is -0.482. The molecule has 1 unspecified atom stereocenters. The van der Waals surface area contributed by atoms with Crippen LogP contribution in [-0.4, -0.2) is 69.4 Å². The van der Waals surface area contributed by atoms with Crippen molar-refractivity contribution in [3.8, 4) is 11.5 Å². The highest BCUT2D eigenvalue weighted by atomic mass is 79.9. The van der Waals surface area contributed by atoms with Crippen LogP contribution in [0.3, 0.4) is 0 Å². The van der Waals surface area contributed by atoms with Gasteiger partial charge in [-0.2, -0.15) is 0 Å². The number of anilines is 1. The lowest BCUT2D eigenvalue weighted by atomic mass is 9.85. The van der Waals surface area contributed by atoms with Crippen LogP contribution in [0.5, 0.6) is 11.5 Å². The Morgan fingerprint density at radius 1 is 1.15 bits per heavy atom. The molecule has 1 fully saturated rings. The summed E-state index contributed by atoms with van der Waals surface area (Å²) in [4.78, 5) is 17.3. The van der Waals surface area contributed by atoms with E-state index in [4.69, 9.17) is 24.4 Å². The topological polar surface area (TPSA) is 84.3 Å². The number of amidine groups is 1. The van der Waals surface area contributed by atoms with E-state index in [0.717, 1.165) is 11.3 Å². The molecule has 0 radical (unpaired) electrons. The minimum atomic E-state index is -0.623. The van der Waals surface area contributed by atoms with Crippen molar-refractivity contribution >= 4 is 34.3 Å². The largest absolute Gasteiger partial charge is 0.490 e. The van der Waals surface area contributed by atoms with E-state index in [0.29, 0.717) is 43.2 Å². The minimum Gasteiger partial charge on any atom is -0.490 e. The fourth-order valence-corrected chi connectivity index (χ4v) is 4.87. The molecular formula is C29H39BrFN3O5. The van der Waals surface area contributed by atoms with E-state index < -0.39 is 5.82 Å². The Morgan fingerprint density at radius 3 is 2.51 bits per heavy atom. The Morgan fingerprint density at radius 2 is 1.87 bits per heavy atom. The molecule has 214 valence electrons. The number of hydrogen-bond acceptors (Lipinski definition) is 7. The van der Waals surface area contributed by atoms with E-state index in [1.54, 1.807) is 25.0 Å². The monoisotopic (exact) mass is 607 g/mol. The number of fused-ring (bicyclic) bond motifs is 1. The van der Waals surface area contributed by atoms with Crippen LogP contribution in [0.4, 0.5) is 10.1 Å². The van der Waals surface area contributed by atoms with E-state index in [9.17, 15) is 4.79 Å². The first-order valence-electron chi connectivity index (χ1n) is 13.1. The maximum atomic E-state index is 15.5. The molecule has 10 heteroatoms. The van der Waals surface area contributed by atoms with Gasteiger partial charge in [0.25, 0.3) is 0 Å². The number of Topliss-reactive ketones (excluding diaryl/α,β-unsaturated/α-hetero) is 1. The second-order valence-corrected chi connectivity index (χ2v) is 10.5. The summed E-state index contributed by atoms with van der Waals surface area (Å²) in [6, 6.07) is 7.61. The quantitative estimate of drug-likeness (QED) is 0.386. The van der Waals surface area contributed by atoms with Gasteiger partial charge in [0.05, 0.1) is 38.5 Å². The first-order valence-corrected chi connectivity index (χ1v) is 13.1. The SMILES string of the molecule is Br.CCOc1cc2c(c(F)c1OCC)C(=N)N(CC(=O)c1cc(N3CCOCC3OC)cc(C(C)(C)C)c1)C2. The molecule has 0 aromatic heterocycles. The second kappa shape index (κ2) is 12.7. The Bertz CT molecular complexity index is 1220. The van der Waals surface area contributed by atoms with Crippen molar-refractivity contribution in [1.29, 1.82) is 5.41 Å². The number of morpholine rings is 1. The number of halogens is 2. The summed E-state index contributed by atoms with van der Waals surface area (Å²) in [6.45, 7) is 12.4. The maximum Gasteiger partial charge on any atom is 0.197 e. The highest BCUT2D eigenvalue weighted by molar-refractivity contribution is 8.93. The van der Waals surface area contributed by atoms with Crippen molar-refractivity contribution in [1.82, 2.24) is 4.90 Å². The van der Waals surface area contributed by atoms with Crippen molar-refractivity contribution in [2.24, 2.45) is 0 Å². The molecule has 2 aromatic rings. The van der Waals surface area contributed by atoms with Gasteiger partial charge in [0.15, 0.2) is 29.3 Å². The molecule has 1 saturated heterocycles. The van der Waals surface area contributed by atoms with Crippen LogP contribution in [0.2, 0.25) is 0 Å². The van der Waals surface area contributed by atoms with Crippen LogP contribution in [0.25, 0.3) is 0 Å². The van der Waals surface area contributed by atoms with Gasteiger partial charge in [-0.05, 0) is 54.7 Å². The van der Waals surface area contributed by atoms with Gasteiger partial charge in [0.2, 0.25) is 0 Å². The third-order valence-electron chi connectivity index (χ3n) is 6.90. The van der Waals surface area contributed by atoms with E-state index in [1.807, 2.05) is 19.1 Å². The van der Waals surface area contributed by atoms with E-state index in [1.165, 1.54) is 0 Å². The van der Waals surface area contributed by atoms with Gasteiger partial charge in [-0.3, -0.25) is 10.2 Å². The average Bonchev–Trinajstić information content (AvgIpc) is 3.20. The van der Waals surface area contributed by atoms with Gasteiger partial charge in [0, 0.05) is 31.5 Å². The number of benzene rings is 2. The fourth-order valence-electron chi connectivity index (χ4n) is 4.87. The van der Waals surface area contributed by atoms with Crippen LogP contribution < -0.4 is 14.4 Å². The van der Waals surface area contributed by atoms with Crippen LogP contribution in [0.1, 0.15) is 61.7 Å². The van der Waals surface area contributed by atoms with E-state index in [-0.39, 0.29) is 71.3 Å². The molecule has 0 aliphatic carbocycles. The summed E-state index contributed by atoms with van der Waals surface area (Å²) in [5, 5.41) is 8.68. The van der Waals surface area contributed by atoms with Gasteiger partial charge in [-0.25, -0.2) is 4.39 Å². The normalized spacial score (nSPS) is 17.1. The summed E-state index contributed by atoms with van der Waals surface area (Å²) in [6.07, 6.45) is -0.245. The molecule has 39 heavy (non-hydrogen) atoms. The first kappa shape index (κ1) is 30.8. The maximum absolute atomic E-state index is 15.5. The standard InChI is InChI=1S/C29H38FN3O5.BrH/c1-7-37-23-13-19-15-32(28(31)25(19)26(30)27(23)38-8-2)16-22(34)18-11-20(29(3,4)5)14-21(12-18)33-9-10-36-17-24(33)35-6;/h11-14,24,31H,7-10,15-17H2,1-6H3;1H. The molecular weight excluding hydrogens is 569 g/mol. The number of hydrogen-bond donors (Lipinski definition) is 1. The second-order valence-electron chi connectivity index (χ2n) is 10.5. The van der Waals surface area contributed by atoms with Crippen LogP contribution in [-0.2, 0) is 21.4 Å². The molecule has 2 aromatic carbocycles. The van der Waals surface area contributed by atoms with Crippen LogP contribution in [0.15, 0.2) is 24.3 Å². The Kier molecular flexibility index (Phi) is 10.0. The van der Waals surface area contributed by atoms with Crippen molar-refractivity contribution in [2.45, 2.75) is 52.8 Å². The molecule has 2 aliphatic rings. The van der Waals surface area contributed by atoms with Gasteiger partial charge in [-0.1, -0.05) is 20.8 Å². The highest BCUT2D eigenvalue weighted by Crippen LogP contribution is 2.39. The van der Waals surface area contributed by atoms with Crippen molar-refractivity contribution in [3.05, 3.63) is 52.3 Å². The summed E-state index contributed by atoms with van der Waals surface area (Å²) in [7, 11) is 1.65. The number of ether oxygens (including phenoxy) is 4. The number of nitrogens with zero attached hydrogens (tertiary/aromatic N) is 2. The average molecular weight is 609 g/mol. The lowest BCUT2D eigenvalue weighted by Crippen LogP contribution is -2.46. The van der Waals surface area contributed by atoms with Crippen molar-refractivity contribution in [3.63, 3.8) is 0 Å². The Hall–Kier alpha value is -2.69. The zero-order valence-corrected chi connectivity index (χ0v) is 25.3. The predicted molar refractivity (Wildman–Crippen MR) is 155 cm³/mol. The predicted octanol–water partition coefficient (Wildman–Crippen LogP) is 5.33. The molecule has 4 rings (SSSR count). The number of nitrogens with one attached hydrogen (secondary N) is 1. The van der Waals surface area contributed by atoms with Crippen molar-refractivity contribution < 1.29 is 28.1 Å². The minimum absolute atomic E-state index is 0. The van der Waals surface area contributed by atoms with E-state index >= 15 is 4.39 Å². The third kappa shape index (κ3) is 6.39. The zero-order valence-electron chi connectivity index (χ0n) is 23.6. The number of carbonyl (C=O) groups is 1. The van der Waals surface area contributed by atoms with Crippen LogP contribution in [0, 0.1) is 11.2 Å². The number of rotatable bonds is 9. The molecule has 0 spiro atoms. The van der Waals surface area contributed by atoms with Gasteiger partial charge in [-0.15, -0.1) is 17.0 Å². The summed E-state index contributed by atoms with van der Waals surface area (Å²) in [5.41, 5.74) is 3.03. The molecule has 1 atom stereocenters. The molecule has 0 saturated carbocycles. The fraction of sp³-hybridized carbons (Fsp3) is 0.517. The molecule has 2 heterocycles. The number of methoxy groups -OCH3 is 1. The third-order valence-corrected chi connectivity index (χ3v) is 6.90. The van der Waals surface area contributed by atoms with Crippen LogP contribution >= 0.6 is 17.0 Å². The van der Waals surface area contributed by atoms with E-state index in [2.05, 4.69) is 31.7 Å². The summed E-state index contributed by atoms with van der Waals surface area (Å²) < 4.78 is 37.8. The number of carbonyl (C=O) groups excluding carboxylic acids is 1. The molecule has 1 N–H and O–H groups in total. The summed E-state index contributed by atoms with van der Waals surface area (Å²) >= 11 is 0. The first-order chi connectivity index (χ1) is 18.1. The van der Waals surface area contributed by atoms with Gasteiger partial charge >= 0.3 is 0 Å². The zero-order chi connectivity index (χ0) is 27.6. The smallest absolute Gasteiger partial charge is 0.197 e. The molecule has 2 aliphatic heterocycles. The molecule has 0 bridgehead atoms.